The second kappa shape index (κ2) is 9.87. The normalized spacial score (nSPS) is 11.3. The maximum absolute atomic E-state index is 11.0. The smallest absolute Gasteiger partial charge is 0.270 e. The highest BCUT2D eigenvalue weighted by atomic mass is 32.1. The summed E-state index contributed by atoms with van der Waals surface area (Å²) in [4.78, 5) is 15.1. The van der Waals surface area contributed by atoms with Crippen LogP contribution in [0.1, 0.15) is 31.3 Å². The van der Waals surface area contributed by atoms with Gasteiger partial charge in [0.1, 0.15) is 11.1 Å². The maximum Gasteiger partial charge on any atom is 0.270 e. The number of nitro groups is 1. The SMILES string of the molecule is CCOc1cc(/C=C(\C#N)c2nc(-c3cccc([N+](=O)[O-])c3)cs2)ccc1OC(C)C. The Morgan fingerprint density at radius 1 is 1.29 bits per heavy atom. The van der Waals surface area contributed by atoms with Crippen molar-refractivity contribution < 1.29 is 14.4 Å². The molecule has 1 heterocycles. The Morgan fingerprint density at radius 3 is 2.77 bits per heavy atom. The lowest BCUT2D eigenvalue weighted by atomic mass is 10.1. The van der Waals surface area contributed by atoms with Crippen LogP contribution in [-0.2, 0) is 0 Å². The van der Waals surface area contributed by atoms with E-state index in [1.54, 1.807) is 23.6 Å². The first-order valence-corrected chi connectivity index (χ1v) is 10.5. The minimum atomic E-state index is -0.444. The summed E-state index contributed by atoms with van der Waals surface area (Å²) >= 11 is 1.31. The zero-order valence-corrected chi connectivity index (χ0v) is 18.2. The highest BCUT2D eigenvalue weighted by molar-refractivity contribution is 7.11. The van der Waals surface area contributed by atoms with Crippen molar-refractivity contribution in [1.29, 1.82) is 5.26 Å². The quantitative estimate of drug-likeness (QED) is 0.246. The molecule has 0 aliphatic heterocycles. The van der Waals surface area contributed by atoms with Crippen molar-refractivity contribution in [2.24, 2.45) is 0 Å². The number of nitro benzene ring substituents is 1. The summed E-state index contributed by atoms with van der Waals surface area (Å²) in [5.41, 5.74) is 2.38. The fourth-order valence-electron chi connectivity index (χ4n) is 2.85. The van der Waals surface area contributed by atoms with E-state index in [-0.39, 0.29) is 11.8 Å². The fourth-order valence-corrected chi connectivity index (χ4v) is 3.65. The number of nitrogens with zero attached hydrogens (tertiary/aromatic N) is 3. The molecule has 8 heteroatoms. The van der Waals surface area contributed by atoms with E-state index in [0.29, 0.717) is 39.9 Å². The molecule has 0 aliphatic carbocycles. The van der Waals surface area contributed by atoms with Gasteiger partial charge in [-0.05, 0) is 44.5 Å². The average Bonchev–Trinajstić information content (AvgIpc) is 3.24. The van der Waals surface area contributed by atoms with Gasteiger partial charge in [0, 0.05) is 23.1 Å². The molecule has 0 fully saturated rings. The third-order valence-corrected chi connectivity index (χ3v) is 5.02. The van der Waals surface area contributed by atoms with Gasteiger partial charge in [0.2, 0.25) is 0 Å². The van der Waals surface area contributed by atoms with Crippen LogP contribution in [0.2, 0.25) is 0 Å². The molecular weight excluding hydrogens is 414 g/mol. The van der Waals surface area contributed by atoms with E-state index in [9.17, 15) is 15.4 Å². The van der Waals surface area contributed by atoms with Crippen LogP contribution in [0.15, 0.2) is 47.8 Å². The molecule has 158 valence electrons. The minimum Gasteiger partial charge on any atom is -0.490 e. The lowest BCUT2D eigenvalue weighted by Gasteiger charge is -2.15. The van der Waals surface area contributed by atoms with Crippen LogP contribution >= 0.6 is 11.3 Å². The molecule has 0 aliphatic rings. The molecule has 2 aromatic carbocycles. The van der Waals surface area contributed by atoms with Crippen molar-refractivity contribution in [3.63, 3.8) is 0 Å². The molecule has 0 N–H and O–H groups in total. The van der Waals surface area contributed by atoms with Gasteiger partial charge in [-0.1, -0.05) is 18.2 Å². The van der Waals surface area contributed by atoms with Crippen LogP contribution in [0.4, 0.5) is 5.69 Å². The van der Waals surface area contributed by atoms with E-state index in [1.165, 1.54) is 23.5 Å². The summed E-state index contributed by atoms with van der Waals surface area (Å²) in [7, 11) is 0. The standard InChI is InChI=1S/C23H21N3O4S/c1-4-29-22-11-16(8-9-21(22)30-15(2)3)10-18(13-24)23-25-20(14-31-23)17-6-5-7-19(12-17)26(27)28/h5-12,14-15H,4H2,1-3H3/b18-10+. The first-order chi connectivity index (χ1) is 14.9. The third-order valence-electron chi connectivity index (χ3n) is 4.15. The van der Waals surface area contributed by atoms with Crippen molar-refractivity contribution >= 4 is 28.7 Å². The summed E-state index contributed by atoms with van der Waals surface area (Å²) in [6.07, 6.45) is 1.75. The van der Waals surface area contributed by atoms with Gasteiger partial charge in [0.05, 0.1) is 28.9 Å². The van der Waals surface area contributed by atoms with E-state index in [1.807, 2.05) is 39.0 Å². The predicted molar refractivity (Wildman–Crippen MR) is 121 cm³/mol. The minimum absolute atomic E-state index is 0.00439. The molecular formula is C23H21N3O4S. The van der Waals surface area contributed by atoms with Gasteiger partial charge < -0.3 is 9.47 Å². The van der Waals surface area contributed by atoms with E-state index in [0.717, 1.165) is 5.56 Å². The van der Waals surface area contributed by atoms with E-state index in [2.05, 4.69) is 11.1 Å². The predicted octanol–water partition coefficient (Wildman–Crippen LogP) is 5.97. The first kappa shape index (κ1) is 22.0. The number of thiazole rings is 1. The Kier molecular flexibility index (Phi) is 7.00. The molecule has 0 saturated carbocycles. The average molecular weight is 436 g/mol. The van der Waals surface area contributed by atoms with Gasteiger partial charge in [-0.15, -0.1) is 11.3 Å². The number of nitriles is 1. The van der Waals surface area contributed by atoms with Crippen molar-refractivity contribution in [2.45, 2.75) is 26.9 Å². The number of rotatable bonds is 8. The highest BCUT2D eigenvalue weighted by Gasteiger charge is 2.13. The zero-order valence-electron chi connectivity index (χ0n) is 17.4. The number of hydrogen-bond acceptors (Lipinski definition) is 7. The van der Waals surface area contributed by atoms with Crippen LogP contribution < -0.4 is 9.47 Å². The number of ether oxygens (including phenoxy) is 2. The molecule has 0 unspecified atom stereocenters. The van der Waals surface area contributed by atoms with Gasteiger partial charge in [0.25, 0.3) is 5.69 Å². The van der Waals surface area contributed by atoms with E-state index in [4.69, 9.17) is 9.47 Å². The molecule has 0 radical (unpaired) electrons. The second-order valence-electron chi connectivity index (χ2n) is 6.82. The summed E-state index contributed by atoms with van der Waals surface area (Å²) < 4.78 is 11.5. The Hall–Kier alpha value is -3.70. The molecule has 31 heavy (non-hydrogen) atoms. The van der Waals surface area contributed by atoms with Gasteiger partial charge in [0.15, 0.2) is 11.5 Å². The van der Waals surface area contributed by atoms with Crippen LogP contribution in [0.3, 0.4) is 0 Å². The number of benzene rings is 2. The first-order valence-electron chi connectivity index (χ1n) is 9.67. The van der Waals surface area contributed by atoms with Crippen LogP contribution in [0, 0.1) is 21.4 Å². The lowest BCUT2D eigenvalue weighted by molar-refractivity contribution is -0.384. The third kappa shape index (κ3) is 5.47. The monoisotopic (exact) mass is 435 g/mol. The molecule has 0 atom stereocenters. The van der Waals surface area contributed by atoms with Gasteiger partial charge in [-0.25, -0.2) is 4.98 Å². The molecule has 0 saturated heterocycles. The molecule has 0 amide bonds. The molecule has 0 spiro atoms. The number of aromatic nitrogens is 1. The van der Waals surface area contributed by atoms with E-state index >= 15 is 0 Å². The highest BCUT2D eigenvalue weighted by Crippen LogP contribution is 2.32. The summed E-state index contributed by atoms with van der Waals surface area (Å²) in [6, 6.07) is 14.0. The summed E-state index contributed by atoms with van der Waals surface area (Å²) in [5, 5.41) is 23.0. The number of non-ortho nitro benzene ring substituents is 1. The zero-order chi connectivity index (χ0) is 22.4. The number of allylic oxidation sites excluding steroid dienone is 1. The largest absolute Gasteiger partial charge is 0.490 e. The van der Waals surface area contributed by atoms with Gasteiger partial charge in [-0.3, -0.25) is 10.1 Å². The Balaban J connectivity index is 1.92. The van der Waals surface area contributed by atoms with Gasteiger partial charge in [-0.2, -0.15) is 5.26 Å². The van der Waals surface area contributed by atoms with Crippen molar-refractivity contribution in [3.05, 3.63) is 68.5 Å². The van der Waals surface area contributed by atoms with Crippen LogP contribution in [0.5, 0.6) is 11.5 Å². The summed E-state index contributed by atoms with van der Waals surface area (Å²) in [6.45, 7) is 6.27. The Labute approximate surface area is 184 Å². The summed E-state index contributed by atoms with van der Waals surface area (Å²) in [5.74, 6) is 1.26. The fraction of sp³-hybridized carbons (Fsp3) is 0.217. The van der Waals surface area contributed by atoms with Crippen LogP contribution in [-0.4, -0.2) is 22.6 Å². The lowest BCUT2D eigenvalue weighted by Crippen LogP contribution is -2.07. The van der Waals surface area contributed by atoms with Crippen molar-refractivity contribution in [2.75, 3.05) is 6.61 Å². The Morgan fingerprint density at radius 2 is 2.10 bits per heavy atom. The Bertz CT molecular complexity index is 1160. The topological polar surface area (TPSA) is 98.3 Å². The molecule has 3 rings (SSSR count). The molecule has 1 aromatic heterocycles. The van der Waals surface area contributed by atoms with Crippen LogP contribution in [0.25, 0.3) is 22.9 Å². The molecule has 3 aromatic rings. The van der Waals surface area contributed by atoms with Crippen molar-refractivity contribution in [3.8, 4) is 28.8 Å². The molecule has 0 bridgehead atoms. The number of hydrogen-bond donors (Lipinski definition) is 0. The maximum atomic E-state index is 11.0. The second-order valence-corrected chi connectivity index (χ2v) is 7.68. The van der Waals surface area contributed by atoms with Gasteiger partial charge >= 0.3 is 0 Å². The van der Waals surface area contributed by atoms with Crippen molar-refractivity contribution in [1.82, 2.24) is 4.98 Å². The van der Waals surface area contributed by atoms with E-state index < -0.39 is 4.92 Å². The molecule has 7 nitrogen and oxygen atoms in total.